The highest BCUT2D eigenvalue weighted by atomic mass is 31.2. The fraction of sp³-hybridized carbons (Fsp3) is 1.00. The van der Waals surface area contributed by atoms with Crippen LogP contribution in [0.5, 0.6) is 0 Å². The standard InChI is InChI=1S/C8H17OP/c1-2-6-10(9)7-4-3-5-8-10/h2-8H2,1H3. The summed E-state index contributed by atoms with van der Waals surface area (Å²) in [5.74, 6) is 0. The Morgan fingerprint density at radius 3 is 2.30 bits per heavy atom. The van der Waals surface area contributed by atoms with Crippen molar-refractivity contribution in [3.63, 3.8) is 0 Å². The zero-order chi connectivity index (χ0) is 7.45. The Kier molecular flexibility index (Phi) is 2.97. The lowest BCUT2D eigenvalue weighted by atomic mass is 10.3. The van der Waals surface area contributed by atoms with Gasteiger partial charge in [0.15, 0.2) is 0 Å². The van der Waals surface area contributed by atoms with E-state index in [9.17, 15) is 4.57 Å². The van der Waals surface area contributed by atoms with Gasteiger partial charge in [0, 0.05) is 18.5 Å². The van der Waals surface area contributed by atoms with Gasteiger partial charge in [-0.3, -0.25) is 0 Å². The second-order valence-corrected chi connectivity index (χ2v) is 6.75. The summed E-state index contributed by atoms with van der Waals surface area (Å²) in [5.41, 5.74) is 0. The second kappa shape index (κ2) is 3.57. The molecule has 0 aromatic carbocycles. The van der Waals surface area contributed by atoms with Gasteiger partial charge in [-0.05, 0) is 19.3 Å². The topological polar surface area (TPSA) is 17.1 Å². The first-order valence-electron chi connectivity index (χ1n) is 4.34. The van der Waals surface area contributed by atoms with Crippen LogP contribution in [0.15, 0.2) is 0 Å². The maximum Gasteiger partial charge on any atom is 0.0877 e. The first kappa shape index (κ1) is 8.33. The van der Waals surface area contributed by atoms with E-state index in [4.69, 9.17) is 0 Å². The van der Waals surface area contributed by atoms with Crippen LogP contribution in [0.4, 0.5) is 0 Å². The van der Waals surface area contributed by atoms with Crippen molar-refractivity contribution in [3.05, 3.63) is 0 Å². The lowest BCUT2D eigenvalue weighted by molar-refractivity contribution is 0.558. The third-order valence-electron chi connectivity index (χ3n) is 2.26. The van der Waals surface area contributed by atoms with Gasteiger partial charge in [0.25, 0.3) is 0 Å². The van der Waals surface area contributed by atoms with Crippen LogP contribution in [0.1, 0.15) is 32.6 Å². The Hall–Kier alpha value is 0.230. The van der Waals surface area contributed by atoms with E-state index in [1.54, 1.807) is 0 Å². The van der Waals surface area contributed by atoms with Gasteiger partial charge < -0.3 is 4.57 Å². The van der Waals surface area contributed by atoms with Crippen LogP contribution in [0.3, 0.4) is 0 Å². The molecule has 1 heterocycles. The van der Waals surface area contributed by atoms with Crippen molar-refractivity contribution in [2.45, 2.75) is 32.6 Å². The molecule has 1 nitrogen and oxygen atoms in total. The van der Waals surface area contributed by atoms with E-state index in [2.05, 4.69) is 6.92 Å². The SMILES string of the molecule is CCCP1(=O)CCCCC1. The van der Waals surface area contributed by atoms with E-state index < -0.39 is 7.14 Å². The molecule has 10 heavy (non-hydrogen) atoms. The predicted molar refractivity (Wildman–Crippen MR) is 46.3 cm³/mol. The molecule has 0 spiro atoms. The molecule has 60 valence electrons. The zero-order valence-corrected chi connectivity index (χ0v) is 7.70. The van der Waals surface area contributed by atoms with Crippen molar-refractivity contribution in [1.29, 1.82) is 0 Å². The molecule has 0 saturated carbocycles. The molecule has 0 radical (unpaired) electrons. The smallest absolute Gasteiger partial charge is 0.0877 e. The average Bonchev–Trinajstić information content (AvgIpc) is 1.89. The van der Waals surface area contributed by atoms with Crippen LogP contribution in [0.2, 0.25) is 0 Å². The minimum absolute atomic E-state index is 1.01. The van der Waals surface area contributed by atoms with Crippen LogP contribution < -0.4 is 0 Å². The molecule has 0 amide bonds. The largest absolute Gasteiger partial charge is 0.324 e. The molecule has 2 heteroatoms. The lowest BCUT2D eigenvalue weighted by Crippen LogP contribution is -2.05. The molecule has 0 aliphatic carbocycles. The van der Waals surface area contributed by atoms with Crippen LogP contribution in [0.25, 0.3) is 0 Å². The van der Waals surface area contributed by atoms with Gasteiger partial charge in [-0.1, -0.05) is 13.3 Å². The van der Waals surface area contributed by atoms with Gasteiger partial charge in [-0.15, -0.1) is 0 Å². The maximum atomic E-state index is 11.8. The van der Waals surface area contributed by atoms with Crippen molar-refractivity contribution < 1.29 is 4.57 Å². The molecule has 1 rings (SSSR count). The van der Waals surface area contributed by atoms with E-state index in [-0.39, 0.29) is 0 Å². The van der Waals surface area contributed by atoms with E-state index in [0.717, 1.165) is 24.9 Å². The van der Waals surface area contributed by atoms with Crippen molar-refractivity contribution >= 4 is 7.14 Å². The highest BCUT2D eigenvalue weighted by molar-refractivity contribution is 7.63. The molecule has 0 N–H and O–H groups in total. The van der Waals surface area contributed by atoms with Crippen LogP contribution >= 0.6 is 7.14 Å². The zero-order valence-electron chi connectivity index (χ0n) is 6.81. The van der Waals surface area contributed by atoms with Crippen molar-refractivity contribution in [2.24, 2.45) is 0 Å². The average molecular weight is 160 g/mol. The monoisotopic (exact) mass is 160 g/mol. The minimum Gasteiger partial charge on any atom is -0.324 e. The third kappa shape index (κ3) is 2.12. The Morgan fingerprint density at radius 2 is 1.80 bits per heavy atom. The third-order valence-corrected chi connectivity index (χ3v) is 5.79. The summed E-state index contributed by atoms with van der Waals surface area (Å²) in [6.45, 7) is 2.13. The van der Waals surface area contributed by atoms with E-state index in [0.29, 0.717) is 0 Å². The Balaban J connectivity index is 2.41. The minimum atomic E-state index is -1.61. The molecule has 1 fully saturated rings. The summed E-state index contributed by atoms with van der Waals surface area (Å²) in [4.78, 5) is 0. The molecule has 1 aliphatic rings. The van der Waals surface area contributed by atoms with E-state index >= 15 is 0 Å². The summed E-state index contributed by atoms with van der Waals surface area (Å²) in [7, 11) is -1.61. The Bertz CT molecular complexity index is 124. The summed E-state index contributed by atoms with van der Waals surface area (Å²) in [5, 5.41) is 0. The molecule has 1 saturated heterocycles. The number of hydrogen-bond donors (Lipinski definition) is 0. The number of rotatable bonds is 2. The number of hydrogen-bond acceptors (Lipinski definition) is 1. The molecule has 0 atom stereocenters. The van der Waals surface area contributed by atoms with Gasteiger partial charge in [0.05, 0.1) is 7.14 Å². The summed E-state index contributed by atoms with van der Waals surface area (Å²) >= 11 is 0. The molecular weight excluding hydrogens is 143 g/mol. The van der Waals surface area contributed by atoms with Gasteiger partial charge in [0.2, 0.25) is 0 Å². The first-order valence-corrected chi connectivity index (χ1v) is 6.60. The second-order valence-electron chi connectivity index (χ2n) is 3.29. The fourth-order valence-electron chi connectivity index (χ4n) is 1.72. The van der Waals surface area contributed by atoms with Crippen LogP contribution in [0, 0.1) is 0 Å². The maximum absolute atomic E-state index is 11.8. The quantitative estimate of drug-likeness (QED) is 0.567. The van der Waals surface area contributed by atoms with Crippen LogP contribution in [-0.2, 0) is 4.57 Å². The molecular formula is C8H17OP. The van der Waals surface area contributed by atoms with E-state index in [1.165, 1.54) is 19.3 Å². The van der Waals surface area contributed by atoms with E-state index in [1.807, 2.05) is 0 Å². The molecule has 0 aromatic rings. The van der Waals surface area contributed by atoms with Crippen LogP contribution in [-0.4, -0.2) is 18.5 Å². The lowest BCUT2D eigenvalue weighted by Gasteiger charge is -2.21. The van der Waals surface area contributed by atoms with Gasteiger partial charge >= 0.3 is 0 Å². The molecule has 0 aromatic heterocycles. The summed E-state index contributed by atoms with van der Waals surface area (Å²) < 4.78 is 11.8. The van der Waals surface area contributed by atoms with Crippen molar-refractivity contribution in [1.82, 2.24) is 0 Å². The van der Waals surface area contributed by atoms with Crippen molar-refractivity contribution in [2.75, 3.05) is 18.5 Å². The highest BCUT2D eigenvalue weighted by Gasteiger charge is 2.22. The molecule has 1 aliphatic heterocycles. The normalized spacial score (nSPS) is 24.5. The summed E-state index contributed by atoms with van der Waals surface area (Å²) in [6.07, 6.45) is 7.95. The molecule has 0 unspecified atom stereocenters. The summed E-state index contributed by atoms with van der Waals surface area (Å²) in [6, 6.07) is 0. The molecule has 0 bridgehead atoms. The predicted octanol–water partition coefficient (Wildman–Crippen LogP) is 2.94. The highest BCUT2D eigenvalue weighted by Crippen LogP contribution is 2.50. The Labute approximate surface area is 63.6 Å². The van der Waals surface area contributed by atoms with Gasteiger partial charge in [-0.2, -0.15) is 0 Å². The first-order chi connectivity index (χ1) is 4.77. The Morgan fingerprint density at radius 1 is 1.20 bits per heavy atom. The van der Waals surface area contributed by atoms with Gasteiger partial charge in [-0.25, -0.2) is 0 Å². The van der Waals surface area contributed by atoms with Crippen molar-refractivity contribution in [3.8, 4) is 0 Å². The fourth-order valence-corrected chi connectivity index (χ4v) is 4.81. The van der Waals surface area contributed by atoms with Gasteiger partial charge in [0.1, 0.15) is 0 Å².